The second kappa shape index (κ2) is 6.42. The van der Waals surface area contributed by atoms with Crippen LogP contribution < -0.4 is 0 Å². The lowest BCUT2D eigenvalue weighted by Gasteiger charge is -2.36. The SMILES string of the molecule is C[Si](C)(C)O[Si]1(C)C=C(c2ccc(F)cc2)[Si](C)(O[Si](C)(C)C)O1. The molecule has 8 heteroatoms. The first-order valence-electron chi connectivity index (χ1n) is 8.31. The van der Waals surface area contributed by atoms with Gasteiger partial charge in [0.25, 0.3) is 0 Å². The minimum absolute atomic E-state index is 0.230. The van der Waals surface area contributed by atoms with E-state index in [1.54, 1.807) is 0 Å². The molecule has 0 amide bonds. The van der Waals surface area contributed by atoms with Crippen LogP contribution in [0, 0.1) is 5.82 Å². The van der Waals surface area contributed by atoms with Crippen LogP contribution in [0.2, 0.25) is 52.4 Å². The molecule has 1 aromatic carbocycles. The van der Waals surface area contributed by atoms with Crippen LogP contribution in [0.15, 0.2) is 30.0 Å². The van der Waals surface area contributed by atoms with E-state index in [9.17, 15) is 4.39 Å². The van der Waals surface area contributed by atoms with Crippen molar-refractivity contribution in [1.29, 1.82) is 0 Å². The summed E-state index contributed by atoms with van der Waals surface area (Å²) in [5.74, 6) is -0.230. The molecule has 1 aromatic rings. The lowest BCUT2D eigenvalue weighted by Crippen LogP contribution is -2.53. The van der Waals surface area contributed by atoms with E-state index in [1.165, 1.54) is 12.1 Å². The molecule has 0 aliphatic carbocycles. The maximum Gasteiger partial charge on any atom is 0.350 e. The molecule has 1 heterocycles. The van der Waals surface area contributed by atoms with Crippen molar-refractivity contribution in [3.8, 4) is 0 Å². The minimum atomic E-state index is -2.59. The maximum atomic E-state index is 13.3. The zero-order valence-electron chi connectivity index (χ0n) is 16.0. The van der Waals surface area contributed by atoms with E-state index in [4.69, 9.17) is 12.3 Å². The molecule has 0 radical (unpaired) electrons. The van der Waals surface area contributed by atoms with Gasteiger partial charge >= 0.3 is 17.1 Å². The number of hydrogen-bond acceptors (Lipinski definition) is 3. The first-order valence-corrected chi connectivity index (χ1v) is 19.8. The molecule has 1 aliphatic heterocycles. The molecule has 0 saturated heterocycles. The van der Waals surface area contributed by atoms with E-state index < -0.39 is 33.8 Å². The number of rotatable bonds is 5. The first-order chi connectivity index (χ1) is 10.7. The van der Waals surface area contributed by atoms with E-state index in [0.29, 0.717) is 0 Å². The molecule has 1 aliphatic rings. The predicted octanol–water partition coefficient (Wildman–Crippen LogP) is 5.16. The normalized spacial score (nSPS) is 28.1. The Morgan fingerprint density at radius 2 is 1.38 bits per heavy atom. The van der Waals surface area contributed by atoms with Gasteiger partial charge in [0.15, 0.2) is 16.6 Å². The van der Waals surface area contributed by atoms with Gasteiger partial charge in [0.05, 0.1) is 0 Å². The fraction of sp³-hybridized carbons (Fsp3) is 0.500. The summed E-state index contributed by atoms with van der Waals surface area (Å²) < 4.78 is 32.9. The first kappa shape index (κ1) is 20.0. The van der Waals surface area contributed by atoms with E-state index >= 15 is 0 Å². The van der Waals surface area contributed by atoms with Crippen LogP contribution in [-0.2, 0) is 12.3 Å². The van der Waals surface area contributed by atoms with Gasteiger partial charge in [0.2, 0.25) is 0 Å². The lowest BCUT2D eigenvalue weighted by atomic mass is 10.2. The Kier molecular flexibility index (Phi) is 5.34. The summed E-state index contributed by atoms with van der Waals surface area (Å²) in [4.78, 5) is 0. The summed E-state index contributed by atoms with van der Waals surface area (Å²) >= 11 is 0. The van der Waals surface area contributed by atoms with Gasteiger partial charge in [-0.15, -0.1) is 0 Å². The lowest BCUT2D eigenvalue weighted by molar-refractivity contribution is 0.350. The molecule has 0 spiro atoms. The van der Waals surface area contributed by atoms with Gasteiger partial charge in [-0.05, 0) is 81.0 Å². The highest BCUT2D eigenvalue weighted by Gasteiger charge is 2.54. The highest BCUT2D eigenvalue weighted by atomic mass is 28.5. The smallest absolute Gasteiger partial charge is 0.350 e. The molecule has 3 nitrogen and oxygen atoms in total. The predicted molar refractivity (Wildman–Crippen MR) is 108 cm³/mol. The summed E-state index contributed by atoms with van der Waals surface area (Å²) in [5, 5.41) is 1.09. The van der Waals surface area contributed by atoms with Crippen molar-refractivity contribution < 1.29 is 16.7 Å². The third-order valence-corrected chi connectivity index (χ3v) is 17.2. The van der Waals surface area contributed by atoms with Gasteiger partial charge in [0, 0.05) is 0 Å². The third-order valence-electron chi connectivity index (χ3n) is 3.46. The molecule has 2 unspecified atom stereocenters. The van der Waals surface area contributed by atoms with E-state index in [0.717, 1.165) is 10.8 Å². The minimum Gasteiger partial charge on any atom is -0.434 e. The second-order valence-electron chi connectivity index (χ2n) is 8.56. The molecule has 0 bridgehead atoms. The van der Waals surface area contributed by atoms with Crippen LogP contribution in [0.4, 0.5) is 4.39 Å². The molecule has 2 atom stereocenters. The van der Waals surface area contributed by atoms with Gasteiger partial charge in [-0.1, -0.05) is 12.1 Å². The molecule has 0 aromatic heterocycles. The standard InChI is InChI=1S/C16H29FO3Si4/c1-21(2,3)18-23(7)13-16(14-9-11-15(17)12-10-14)24(8,20-23)19-22(4,5)6/h9-13H,1-8H3. The molecule has 0 N–H and O–H groups in total. The molecular formula is C16H29FO3Si4. The van der Waals surface area contributed by atoms with Gasteiger partial charge in [0.1, 0.15) is 5.82 Å². The Bertz CT molecular complexity index is 636. The Morgan fingerprint density at radius 3 is 1.83 bits per heavy atom. The topological polar surface area (TPSA) is 27.7 Å². The van der Waals surface area contributed by atoms with Crippen LogP contribution >= 0.6 is 0 Å². The Labute approximate surface area is 149 Å². The van der Waals surface area contributed by atoms with Crippen LogP contribution in [-0.4, -0.2) is 33.8 Å². The Balaban J connectivity index is 2.47. The summed E-state index contributed by atoms with van der Waals surface area (Å²) in [6, 6.07) is 6.63. The van der Waals surface area contributed by atoms with Gasteiger partial charge in [-0.25, -0.2) is 4.39 Å². The average Bonchev–Trinajstić information content (AvgIpc) is 2.56. The Morgan fingerprint density at radius 1 is 0.875 bits per heavy atom. The summed E-state index contributed by atoms with van der Waals surface area (Å²) in [5.41, 5.74) is 3.17. The van der Waals surface area contributed by atoms with Gasteiger partial charge < -0.3 is 12.3 Å². The van der Waals surface area contributed by atoms with Crippen molar-refractivity contribution in [2.75, 3.05) is 0 Å². The zero-order chi connectivity index (χ0) is 18.4. The monoisotopic (exact) mass is 400 g/mol. The van der Waals surface area contributed by atoms with Crippen molar-refractivity contribution in [1.82, 2.24) is 0 Å². The van der Waals surface area contributed by atoms with Crippen molar-refractivity contribution >= 4 is 39.0 Å². The molecule has 24 heavy (non-hydrogen) atoms. The number of benzene rings is 1. The van der Waals surface area contributed by atoms with Gasteiger partial charge in [-0.3, -0.25) is 0 Å². The number of hydrogen-bond donors (Lipinski definition) is 0. The Hall–Kier alpha value is -0.362. The van der Waals surface area contributed by atoms with E-state index in [2.05, 4.69) is 58.1 Å². The number of halogens is 1. The van der Waals surface area contributed by atoms with E-state index in [1.807, 2.05) is 12.1 Å². The average molecular weight is 401 g/mol. The fourth-order valence-electron chi connectivity index (χ4n) is 3.16. The highest BCUT2D eigenvalue weighted by Crippen LogP contribution is 2.41. The van der Waals surface area contributed by atoms with Crippen molar-refractivity contribution in [2.24, 2.45) is 0 Å². The molecule has 0 saturated carbocycles. The quantitative estimate of drug-likeness (QED) is 0.639. The van der Waals surface area contributed by atoms with Crippen LogP contribution in [0.25, 0.3) is 5.20 Å². The maximum absolute atomic E-state index is 13.3. The molecule has 2 rings (SSSR count). The third kappa shape index (κ3) is 5.07. The second-order valence-corrected chi connectivity index (χ2v) is 24.2. The highest BCUT2D eigenvalue weighted by molar-refractivity contribution is 7.04. The molecule has 134 valence electrons. The van der Waals surface area contributed by atoms with Crippen molar-refractivity contribution in [3.63, 3.8) is 0 Å². The molecule has 0 fully saturated rings. The summed E-state index contributed by atoms with van der Waals surface area (Å²) in [7, 11) is -8.58. The van der Waals surface area contributed by atoms with Crippen LogP contribution in [0.1, 0.15) is 5.56 Å². The van der Waals surface area contributed by atoms with E-state index in [-0.39, 0.29) is 5.82 Å². The van der Waals surface area contributed by atoms with Crippen LogP contribution in [0.3, 0.4) is 0 Å². The van der Waals surface area contributed by atoms with Crippen LogP contribution in [0.5, 0.6) is 0 Å². The van der Waals surface area contributed by atoms with Crippen molar-refractivity contribution in [2.45, 2.75) is 52.4 Å². The largest absolute Gasteiger partial charge is 0.434 e. The summed E-state index contributed by atoms with van der Waals surface area (Å²) in [6.07, 6.45) is 0. The summed E-state index contributed by atoms with van der Waals surface area (Å²) in [6.45, 7) is 17.3. The van der Waals surface area contributed by atoms with Gasteiger partial charge in [-0.2, -0.15) is 0 Å². The van der Waals surface area contributed by atoms with Crippen molar-refractivity contribution in [3.05, 3.63) is 41.3 Å². The zero-order valence-corrected chi connectivity index (χ0v) is 20.0. The molecular weight excluding hydrogens is 372 g/mol. The fourth-order valence-corrected chi connectivity index (χ4v) is 21.4.